The van der Waals surface area contributed by atoms with Gasteiger partial charge in [-0.15, -0.1) is 0 Å². The lowest BCUT2D eigenvalue weighted by molar-refractivity contribution is -0.138. The van der Waals surface area contributed by atoms with Crippen LogP contribution < -0.4 is 9.64 Å². The Morgan fingerprint density at radius 2 is 1.96 bits per heavy atom. The normalized spacial score (nSPS) is 17.8. The van der Waals surface area contributed by atoms with Crippen LogP contribution in [0.25, 0.3) is 0 Å². The summed E-state index contributed by atoms with van der Waals surface area (Å²) in [5.41, 5.74) is 2.33. The van der Waals surface area contributed by atoms with Crippen LogP contribution in [0.15, 0.2) is 48.5 Å². The number of hydrogen-bond acceptors (Lipinski definition) is 3. The number of ether oxygens (including phenoxy) is 1. The molecular weight excluding hydrogens is 348 g/mol. The van der Waals surface area contributed by atoms with Crippen molar-refractivity contribution >= 4 is 23.2 Å². The molecule has 138 valence electrons. The third-order valence-electron chi connectivity index (χ3n) is 4.78. The number of carbonyl (C=O) groups excluding carboxylic acids is 1. The molecule has 4 nitrogen and oxygen atoms in total. The van der Waals surface area contributed by atoms with E-state index in [-0.39, 0.29) is 11.9 Å². The molecule has 0 bridgehead atoms. The second-order valence-corrected chi connectivity index (χ2v) is 7.33. The van der Waals surface area contributed by atoms with Crippen molar-refractivity contribution < 1.29 is 9.53 Å². The Bertz CT molecular complexity index is 761. The molecule has 0 aromatic heterocycles. The first-order valence-electron chi connectivity index (χ1n) is 8.95. The van der Waals surface area contributed by atoms with Crippen LogP contribution in [0.1, 0.15) is 31.4 Å². The van der Waals surface area contributed by atoms with Crippen LogP contribution in [0.5, 0.6) is 5.75 Å². The van der Waals surface area contributed by atoms with Crippen molar-refractivity contribution in [3.63, 3.8) is 0 Å². The van der Waals surface area contributed by atoms with Gasteiger partial charge in [0.1, 0.15) is 5.75 Å². The minimum Gasteiger partial charge on any atom is -0.481 e. The molecule has 2 atom stereocenters. The van der Waals surface area contributed by atoms with E-state index in [1.165, 1.54) is 5.56 Å². The molecule has 2 aromatic carbocycles. The third-order valence-corrected chi connectivity index (χ3v) is 5.03. The van der Waals surface area contributed by atoms with E-state index in [0.29, 0.717) is 10.8 Å². The Hall–Kier alpha value is -2.20. The molecular formula is C21H25ClN2O2. The highest BCUT2D eigenvalue weighted by Gasteiger charge is 2.33. The fourth-order valence-electron chi connectivity index (χ4n) is 3.39. The Morgan fingerprint density at radius 3 is 2.65 bits per heavy atom. The van der Waals surface area contributed by atoms with E-state index in [2.05, 4.69) is 29.2 Å². The minimum atomic E-state index is -0.534. The minimum absolute atomic E-state index is 0.0257. The molecule has 26 heavy (non-hydrogen) atoms. The fraction of sp³-hybridized carbons (Fsp3) is 0.381. The topological polar surface area (TPSA) is 32.8 Å². The summed E-state index contributed by atoms with van der Waals surface area (Å²) in [6.45, 7) is 2.58. The summed E-state index contributed by atoms with van der Waals surface area (Å²) in [5, 5.41) is 0.650. The number of nitrogens with zero attached hydrogens (tertiary/aromatic N) is 2. The summed E-state index contributed by atoms with van der Waals surface area (Å²) in [5.74, 6) is 0.679. The first-order valence-corrected chi connectivity index (χ1v) is 9.33. The van der Waals surface area contributed by atoms with Gasteiger partial charge in [0.05, 0.1) is 6.04 Å². The molecule has 0 radical (unpaired) electrons. The van der Waals surface area contributed by atoms with Gasteiger partial charge < -0.3 is 14.5 Å². The van der Waals surface area contributed by atoms with Gasteiger partial charge in [-0.1, -0.05) is 23.7 Å². The first kappa shape index (κ1) is 18.6. The highest BCUT2D eigenvalue weighted by atomic mass is 35.5. The largest absolute Gasteiger partial charge is 0.481 e. The maximum atomic E-state index is 13.0. The van der Waals surface area contributed by atoms with E-state index < -0.39 is 6.10 Å². The summed E-state index contributed by atoms with van der Waals surface area (Å²) in [4.78, 5) is 17.0. The Labute approximate surface area is 160 Å². The molecule has 3 rings (SSSR count). The number of likely N-dealkylation sites (tertiary alicyclic amines) is 1. The maximum absolute atomic E-state index is 13.0. The van der Waals surface area contributed by atoms with Gasteiger partial charge in [0.15, 0.2) is 6.10 Å². The van der Waals surface area contributed by atoms with Crippen LogP contribution in [0.4, 0.5) is 5.69 Å². The molecule has 0 aliphatic carbocycles. The molecule has 1 aliphatic rings. The van der Waals surface area contributed by atoms with Crippen LogP contribution in [0.2, 0.25) is 5.02 Å². The molecule has 1 heterocycles. The van der Waals surface area contributed by atoms with E-state index >= 15 is 0 Å². The molecule has 1 aliphatic heterocycles. The highest BCUT2D eigenvalue weighted by molar-refractivity contribution is 6.30. The van der Waals surface area contributed by atoms with Crippen LogP contribution >= 0.6 is 11.6 Å². The summed E-state index contributed by atoms with van der Waals surface area (Å²) >= 11 is 5.90. The number of carbonyl (C=O) groups is 1. The second kappa shape index (κ2) is 8.00. The number of halogens is 1. The molecule has 0 saturated carbocycles. The number of benzene rings is 2. The van der Waals surface area contributed by atoms with Crippen molar-refractivity contribution in [2.24, 2.45) is 0 Å². The molecule has 0 spiro atoms. The lowest BCUT2D eigenvalue weighted by Gasteiger charge is -2.28. The van der Waals surface area contributed by atoms with Crippen molar-refractivity contribution in [3.05, 3.63) is 59.1 Å². The molecule has 1 saturated heterocycles. The van der Waals surface area contributed by atoms with Crippen LogP contribution in [0, 0.1) is 0 Å². The number of anilines is 1. The average molecular weight is 373 g/mol. The second-order valence-electron chi connectivity index (χ2n) is 6.89. The zero-order valence-corrected chi connectivity index (χ0v) is 16.2. The maximum Gasteiger partial charge on any atom is 0.263 e. The Balaban J connectivity index is 1.73. The van der Waals surface area contributed by atoms with Gasteiger partial charge in [-0.25, -0.2) is 0 Å². The lowest BCUT2D eigenvalue weighted by Crippen LogP contribution is -2.40. The fourth-order valence-corrected chi connectivity index (χ4v) is 3.51. The van der Waals surface area contributed by atoms with Gasteiger partial charge in [-0.3, -0.25) is 4.79 Å². The Morgan fingerprint density at radius 1 is 1.23 bits per heavy atom. The number of amides is 1. The van der Waals surface area contributed by atoms with Gasteiger partial charge in [-0.05, 0) is 61.7 Å². The summed E-state index contributed by atoms with van der Waals surface area (Å²) in [6, 6.07) is 15.6. The van der Waals surface area contributed by atoms with Crippen molar-refractivity contribution in [1.29, 1.82) is 0 Å². The van der Waals surface area contributed by atoms with Gasteiger partial charge in [0, 0.05) is 31.4 Å². The number of rotatable bonds is 5. The highest BCUT2D eigenvalue weighted by Crippen LogP contribution is 2.34. The smallest absolute Gasteiger partial charge is 0.263 e. The standard InChI is InChI=1S/C21H25ClN2O2/c1-15(26-19-11-9-17(22)10-12-19)21(25)24-13-5-8-20(24)16-6-4-7-18(14-16)23(2)3/h4,6-7,9-12,14-15,20H,5,8,13H2,1-3H3. The van der Waals surface area contributed by atoms with Gasteiger partial charge in [0.25, 0.3) is 5.91 Å². The zero-order valence-electron chi connectivity index (χ0n) is 15.5. The SMILES string of the molecule is CC(Oc1ccc(Cl)cc1)C(=O)N1CCCC1c1cccc(N(C)C)c1. The molecule has 5 heteroatoms. The molecule has 2 unspecified atom stereocenters. The summed E-state index contributed by atoms with van der Waals surface area (Å²) < 4.78 is 5.83. The van der Waals surface area contributed by atoms with E-state index in [1.54, 1.807) is 24.3 Å². The third kappa shape index (κ3) is 4.13. The average Bonchev–Trinajstić information content (AvgIpc) is 3.12. The monoisotopic (exact) mass is 372 g/mol. The first-order chi connectivity index (χ1) is 12.5. The summed E-state index contributed by atoms with van der Waals surface area (Å²) in [7, 11) is 4.05. The quantitative estimate of drug-likeness (QED) is 0.772. The van der Waals surface area contributed by atoms with Gasteiger partial charge >= 0.3 is 0 Å². The number of hydrogen-bond donors (Lipinski definition) is 0. The van der Waals surface area contributed by atoms with Crippen molar-refractivity contribution in [2.45, 2.75) is 31.9 Å². The van der Waals surface area contributed by atoms with Crippen molar-refractivity contribution in [3.8, 4) is 5.75 Å². The van der Waals surface area contributed by atoms with Gasteiger partial charge in [0.2, 0.25) is 0 Å². The van der Waals surface area contributed by atoms with E-state index in [1.807, 2.05) is 25.9 Å². The van der Waals surface area contributed by atoms with E-state index in [0.717, 1.165) is 25.1 Å². The van der Waals surface area contributed by atoms with Crippen LogP contribution in [0.3, 0.4) is 0 Å². The van der Waals surface area contributed by atoms with Gasteiger partial charge in [-0.2, -0.15) is 0 Å². The zero-order chi connectivity index (χ0) is 18.7. The predicted octanol–water partition coefficient (Wildman–Crippen LogP) is 4.54. The molecule has 2 aromatic rings. The molecule has 1 fully saturated rings. The van der Waals surface area contributed by atoms with Crippen LogP contribution in [-0.2, 0) is 4.79 Å². The van der Waals surface area contributed by atoms with E-state index in [4.69, 9.17) is 16.3 Å². The molecule has 1 amide bonds. The van der Waals surface area contributed by atoms with Crippen molar-refractivity contribution in [2.75, 3.05) is 25.5 Å². The molecule has 0 N–H and O–H groups in total. The lowest BCUT2D eigenvalue weighted by atomic mass is 10.0. The Kier molecular flexibility index (Phi) is 5.72. The predicted molar refractivity (Wildman–Crippen MR) is 106 cm³/mol. The summed E-state index contributed by atoms with van der Waals surface area (Å²) in [6.07, 6.45) is 1.46. The van der Waals surface area contributed by atoms with Crippen molar-refractivity contribution in [1.82, 2.24) is 4.90 Å². The van der Waals surface area contributed by atoms with Crippen LogP contribution in [-0.4, -0.2) is 37.6 Å². The van der Waals surface area contributed by atoms with E-state index in [9.17, 15) is 4.79 Å².